The normalized spacial score (nSPS) is 11.8. The van der Waals surface area contributed by atoms with Crippen molar-refractivity contribution < 1.29 is 8.42 Å². The summed E-state index contributed by atoms with van der Waals surface area (Å²) >= 11 is 6.22. The number of halogens is 1. The second kappa shape index (κ2) is 10.1. The van der Waals surface area contributed by atoms with Crippen molar-refractivity contribution in [2.75, 3.05) is 24.0 Å². The zero-order valence-electron chi connectivity index (χ0n) is 18.7. The fourth-order valence-electron chi connectivity index (χ4n) is 3.04. The number of nitrogens with zero attached hydrogens (tertiary/aromatic N) is 3. The van der Waals surface area contributed by atoms with E-state index in [1.54, 1.807) is 38.1 Å². The summed E-state index contributed by atoms with van der Waals surface area (Å²) < 4.78 is 25.5. The van der Waals surface area contributed by atoms with Crippen molar-refractivity contribution in [3.8, 4) is 0 Å². The minimum absolute atomic E-state index is 0.0426. The number of rotatable bonds is 8. The summed E-state index contributed by atoms with van der Waals surface area (Å²) in [7, 11) is -3.70. The van der Waals surface area contributed by atoms with Crippen LogP contribution in [0.1, 0.15) is 26.3 Å². The van der Waals surface area contributed by atoms with E-state index in [9.17, 15) is 8.42 Å². The highest BCUT2D eigenvalue weighted by atomic mass is 35.5. The number of aromatic nitrogens is 3. The molecule has 32 heavy (non-hydrogen) atoms. The SMILES string of the molecule is CCc1cc(P(C)C)ccc1Nc1nnc(Cl)c(Nc2ccccc2S(=O)(=O)C(C)C)n1. The number of sulfone groups is 1. The highest BCUT2D eigenvalue weighted by molar-refractivity contribution is 7.92. The van der Waals surface area contributed by atoms with Crippen LogP contribution in [0.3, 0.4) is 0 Å². The van der Waals surface area contributed by atoms with Gasteiger partial charge in [0, 0.05) is 5.69 Å². The van der Waals surface area contributed by atoms with Gasteiger partial charge >= 0.3 is 0 Å². The van der Waals surface area contributed by atoms with Crippen LogP contribution in [-0.2, 0) is 16.3 Å². The number of anilines is 4. The molecule has 0 saturated heterocycles. The Morgan fingerprint density at radius 2 is 1.75 bits per heavy atom. The highest BCUT2D eigenvalue weighted by Crippen LogP contribution is 2.31. The summed E-state index contributed by atoms with van der Waals surface area (Å²) in [6, 6.07) is 13.0. The molecule has 0 aliphatic rings. The Morgan fingerprint density at radius 3 is 2.41 bits per heavy atom. The first-order valence-corrected chi connectivity index (χ1v) is 14.4. The number of hydrogen-bond acceptors (Lipinski definition) is 7. The average molecular weight is 492 g/mol. The van der Waals surface area contributed by atoms with Crippen molar-refractivity contribution in [3.63, 3.8) is 0 Å². The molecule has 1 aromatic heterocycles. The molecule has 2 N–H and O–H groups in total. The summed E-state index contributed by atoms with van der Waals surface area (Å²) in [5, 5.41) is 15.1. The molecule has 1 heterocycles. The zero-order valence-corrected chi connectivity index (χ0v) is 21.2. The van der Waals surface area contributed by atoms with Gasteiger partial charge in [0.1, 0.15) is 0 Å². The predicted octanol–water partition coefficient (Wildman–Crippen LogP) is 5.12. The highest BCUT2D eigenvalue weighted by Gasteiger charge is 2.23. The van der Waals surface area contributed by atoms with Gasteiger partial charge in [-0.2, -0.15) is 4.98 Å². The van der Waals surface area contributed by atoms with E-state index < -0.39 is 15.1 Å². The van der Waals surface area contributed by atoms with E-state index in [2.05, 4.69) is 58.2 Å². The van der Waals surface area contributed by atoms with Gasteiger partial charge < -0.3 is 10.6 Å². The maximum Gasteiger partial charge on any atom is 0.249 e. The fourth-order valence-corrected chi connectivity index (χ4v) is 5.15. The fraction of sp³-hybridized carbons (Fsp3) is 0.318. The minimum atomic E-state index is -3.50. The molecule has 0 aliphatic heterocycles. The van der Waals surface area contributed by atoms with Crippen LogP contribution < -0.4 is 15.9 Å². The topological polar surface area (TPSA) is 96.9 Å². The van der Waals surface area contributed by atoms with Crippen LogP contribution in [0.5, 0.6) is 0 Å². The Hall–Kier alpha value is -2.28. The van der Waals surface area contributed by atoms with Crippen LogP contribution >= 0.6 is 19.5 Å². The number of nitrogens with one attached hydrogen (secondary N) is 2. The molecule has 0 fully saturated rings. The standard InChI is InChI=1S/C22H27ClN5O2PS/c1-6-15-13-16(31(4)5)11-12-17(15)25-22-26-21(20(23)27-28-22)24-18-9-7-8-10-19(18)32(29,30)14(2)3/h7-14H,6H2,1-5H3,(H2,24,25,26,28). The van der Waals surface area contributed by atoms with Crippen molar-refractivity contribution in [2.24, 2.45) is 0 Å². The van der Waals surface area contributed by atoms with E-state index in [0.29, 0.717) is 5.69 Å². The molecule has 170 valence electrons. The van der Waals surface area contributed by atoms with E-state index in [-0.39, 0.29) is 29.7 Å². The molecular formula is C22H27ClN5O2PS. The molecule has 0 unspecified atom stereocenters. The second-order valence-electron chi connectivity index (χ2n) is 7.70. The lowest BCUT2D eigenvalue weighted by Gasteiger charge is -2.16. The van der Waals surface area contributed by atoms with E-state index >= 15 is 0 Å². The van der Waals surface area contributed by atoms with Crippen molar-refractivity contribution in [1.29, 1.82) is 0 Å². The Morgan fingerprint density at radius 1 is 1.03 bits per heavy atom. The molecule has 3 rings (SSSR count). The molecule has 0 atom stereocenters. The molecule has 3 aromatic rings. The van der Waals surface area contributed by atoms with Crippen molar-refractivity contribution in [2.45, 2.75) is 37.3 Å². The van der Waals surface area contributed by atoms with E-state index in [0.717, 1.165) is 17.7 Å². The van der Waals surface area contributed by atoms with Gasteiger partial charge in [-0.3, -0.25) is 0 Å². The van der Waals surface area contributed by atoms with Crippen LogP contribution in [-0.4, -0.2) is 42.2 Å². The molecule has 2 aromatic carbocycles. The van der Waals surface area contributed by atoms with Gasteiger partial charge in [-0.1, -0.05) is 44.6 Å². The third kappa shape index (κ3) is 5.37. The number of aryl methyl sites for hydroxylation is 1. The molecule has 0 amide bonds. The maximum absolute atomic E-state index is 12.7. The monoisotopic (exact) mass is 491 g/mol. The Kier molecular flexibility index (Phi) is 7.70. The van der Waals surface area contributed by atoms with E-state index in [1.165, 1.54) is 5.30 Å². The summed E-state index contributed by atoms with van der Waals surface area (Å²) in [6.45, 7) is 9.82. The van der Waals surface area contributed by atoms with Gasteiger partial charge in [-0.05, 0) is 68.7 Å². The van der Waals surface area contributed by atoms with Crippen LogP contribution in [0, 0.1) is 0 Å². The van der Waals surface area contributed by atoms with E-state index in [1.807, 2.05) is 6.07 Å². The molecule has 10 heteroatoms. The second-order valence-corrected chi connectivity index (χ2v) is 12.8. The lowest BCUT2D eigenvalue weighted by atomic mass is 10.1. The Bertz CT molecular complexity index is 1220. The molecule has 0 saturated carbocycles. The number of benzene rings is 2. The van der Waals surface area contributed by atoms with Crippen LogP contribution in [0.4, 0.5) is 23.1 Å². The molecule has 0 radical (unpaired) electrons. The first-order chi connectivity index (χ1) is 15.1. The number of hydrogen-bond donors (Lipinski definition) is 2. The zero-order chi connectivity index (χ0) is 23.5. The van der Waals surface area contributed by atoms with Crippen LogP contribution in [0.15, 0.2) is 47.4 Å². The van der Waals surface area contributed by atoms with Gasteiger partial charge in [0.05, 0.1) is 15.8 Å². The predicted molar refractivity (Wildman–Crippen MR) is 134 cm³/mol. The summed E-state index contributed by atoms with van der Waals surface area (Å²) in [5.41, 5.74) is 2.43. The summed E-state index contributed by atoms with van der Waals surface area (Å²) in [6.07, 6.45) is 0.853. The lowest BCUT2D eigenvalue weighted by Crippen LogP contribution is -2.16. The van der Waals surface area contributed by atoms with E-state index in [4.69, 9.17) is 11.6 Å². The van der Waals surface area contributed by atoms with Gasteiger partial charge in [0.2, 0.25) is 5.95 Å². The smallest absolute Gasteiger partial charge is 0.249 e. The largest absolute Gasteiger partial charge is 0.336 e. The molecule has 0 aliphatic carbocycles. The molecule has 7 nitrogen and oxygen atoms in total. The Balaban J connectivity index is 1.94. The summed E-state index contributed by atoms with van der Waals surface area (Å²) in [5.74, 6) is 0.481. The first kappa shape index (κ1) is 24.4. The quantitative estimate of drug-likeness (QED) is 0.422. The van der Waals surface area contributed by atoms with Crippen molar-refractivity contribution in [1.82, 2.24) is 15.2 Å². The van der Waals surface area contributed by atoms with Gasteiger partial charge in [0.25, 0.3) is 0 Å². The van der Waals surface area contributed by atoms with Crippen molar-refractivity contribution in [3.05, 3.63) is 53.2 Å². The molecule has 0 bridgehead atoms. The Labute approximate surface area is 195 Å². The maximum atomic E-state index is 12.7. The number of para-hydroxylation sites is 1. The molecular weight excluding hydrogens is 465 g/mol. The van der Waals surface area contributed by atoms with Gasteiger partial charge in [-0.25, -0.2) is 8.42 Å². The first-order valence-electron chi connectivity index (χ1n) is 10.2. The van der Waals surface area contributed by atoms with Gasteiger partial charge in [0.15, 0.2) is 20.8 Å². The van der Waals surface area contributed by atoms with Gasteiger partial charge in [-0.15, -0.1) is 10.2 Å². The third-order valence-corrected chi connectivity index (χ3v) is 8.72. The minimum Gasteiger partial charge on any atom is -0.336 e. The third-order valence-electron chi connectivity index (χ3n) is 4.95. The van der Waals surface area contributed by atoms with Crippen LogP contribution in [0.25, 0.3) is 0 Å². The molecule has 0 spiro atoms. The average Bonchev–Trinajstić information content (AvgIpc) is 2.76. The van der Waals surface area contributed by atoms with Crippen LogP contribution in [0.2, 0.25) is 5.15 Å². The van der Waals surface area contributed by atoms with Crippen molar-refractivity contribution >= 4 is 57.8 Å². The lowest BCUT2D eigenvalue weighted by molar-refractivity contribution is 0.588. The summed E-state index contributed by atoms with van der Waals surface area (Å²) in [4.78, 5) is 4.62.